The van der Waals surface area contributed by atoms with Crippen LogP contribution in [0, 0.1) is 31.4 Å². The number of pyridine rings is 1. The lowest BCUT2D eigenvalue weighted by atomic mass is 9.93. The predicted molar refractivity (Wildman–Crippen MR) is 111 cm³/mol. The molecule has 0 N–H and O–H groups in total. The second kappa shape index (κ2) is 7.08. The quantitative estimate of drug-likeness (QED) is 0.528. The first-order valence-electron chi connectivity index (χ1n) is 10.2. The van der Waals surface area contributed by atoms with E-state index in [1.165, 1.54) is 23.6 Å². The molecule has 0 radical (unpaired) electrons. The van der Waals surface area contributed by atoms with E-state index in [2.05, 4.69) is 4.98 Å². The van der Waals surface area contributed by atoms with Crippen molar-refractivity contribution in [3.8, 4) is 22.8 Å². The van der Waals surface area contributed by atoms with Crippen LogP contribution in [0.25, 0.3) is 11.1 Å². The van der Waals surface area contributed by atoms with Gasteiger partial charge in [0.1, 0.15) is 24.0 Å². The lowest BCUT2D eigenvalue weighted by molar-refractivity contribution is 0.287. The van der Waals surface area contributed by atoms with Gasteiger partial charge in [-0.05, 0) is 84.5 Å². The van der Waals surface area contributed by atoms with Crippen LogP contribution in [0.2, 0.25) is 0 Å². The van der Waals surface area contributed by atoms with E-state index in [4.69, 9.17) is 9.47 Å². The van der Waals surface area contributed by atoms with Crippen LogP contribution < -0.4 is 9.47 Å². The first kappa shape index (κ1) is 19.0. The molecule has 2 aliphatic rings. The van der Waals surface area contributed by atoms with Crippen molar-refractivity contribution in [1.29, 1.82) is 0 Å². The monoisotopic (exact) mass is 407 g/mol. The third kappa shape index (κ3) is 3.22. The van der Waals surface area contributed by atoms with Crippen molar-refractivity contribution < 1.29 is 18.3 Å². The normalized spacial score (nSPS) is 18.7. The SMILES string of the molecule is COc1cc(C)c(-c2cc(COc3cc4c(cn3)C3CC3C4)c(F)cc2F)c(C)c1. The summed E-state index contributed by atoms with van der Waals surface area (Å²) in [5, 5.41) is 0. The molecule has 1 fully saturated rings. The Morgan fingerprint density at radius 2 is 1.80 bits per heavy atom. The minimum Gasteiger partial charge on any atom is -0.497 e. The van der Waals surface area contributed by atoms with E-state index < -0.39 is 11.6 Å². The summed E-state index contributed by atoms with van der Waals surface area (Å²) in [6, 6.07) is 8.12. The highest BCUT2D eigenvalue weighted by atomic mass is 19.1. The number of hydrogen-bond donors (Lipinski definition) is 0. The number of hydrogen-bond acceptors (Lipinski definition) is 3. The van der Waals surface area contributed by atoms with Gasteiger partial charge in [-0.2, -0.15) is 0 Å². The third-order valence-electron chi connectivity index (χ3n) is 6.33. The topological polar surface area (TPSA) is 31.4 Å². The van der Waals surface area contributed by atoms with E-state index in [-0.39, 0.29) is 6.61 Å². The first-order chi connectivity index (χ1) is 14.4. The molecule has 30 heavy (non-hydrogen) atoms. The molecule has 1 heterocycles. The molecule has 0 saturated heterocycles. The Morgan fingerprint density at radius 1 is 1.03 bits per heavy atom. The van der Waals surface area contributed by atoms with E-state index in [0.29, 0.717) is 28.7 Å². The molecule has 2 unspecified atom stereocenters. The average Bonchev–Trinajstić information content (AvgIpc) is 3.38. The molecule has 5 heteroatoms. The van der Waals surface area contributed by atoms with E-state index in [9.17, 15) is 8.78 Å². The van der Waals surface area contributed by atoms with Gasteiger partial charge in [0.05, 0.1) is 7.11 Å². The summed E-state index contributed by atoms with van der Waals surface area (Å²) in [7, 11) is 1.60. The van der Waals surface area contributed by atoms with Gasteiger partial charge in [0.15, 0.2) is 0 Å². The number of aryl methyl sites for hydroxylation is 2. The minimum atomic E-state index is -0.623. The molecule has 2 aliphatic carbocycles. The Kier molecular flexibility index (Phi) is 4.49. The Labute approximate surface area is 174 Å². The van der Waals surface area contributed by atoms with Gasteiger partial charge in [0.2, 0.25) is 5.88 Å². The van der Waals surface area contributed by atoms with E-state index >= 15 is 0 Å². The fourth-order valence-electron chi connectivity index (χ4n) is 4.73. The number of ether oxygens (including phenoxy) is 2. The summed E-state index contributed by atoms with van der Waals surface area (Å²) >= 11 is 0. The molecular formula is C25H23F2NO2. The van der Waals surface area contributed by atoms with Crippen molar-refractivity contribution in [3.63, 3.8) is 0 Å². The predicted octanol–water partition coefficient (Wildman–Crippen LogP) is 5.89. The van der Waals surface area contributed by atoms with E-state index in [1.54, 1.807) is 7.11 Å². The average molecular weight is 407 g/mol. The summed E-state index contributed by atoms with van der Waals surface area (Å²) in [5.74, 6) is 1.42. The summed E-state index contributed by atoms with van der Waals surface area (Å²) in [6.45, 7) is 3.78. The zero-order chi connectivity index (χ0) is 21.0. The van der Waals surface area contributed by atoms with Crippen LogP contribution in [0.1, 0.15) is 40.2 Å². The number of fused-ring (bicyclic) bond motifs is 3. The van der Waals surface area contributed by atoms with Crippen LogP contribution in [0.5, 0.6) is 11.6 Å². The van der Waals surface area contributed by atoms with Gasteiger partial charge in [-0.15, -0.1) is 0 Å². The number of nitrogens with zero attached hydrogens (tertiary/aromatic N) is 1. The molecule has 154 valence electrons. The molecule has 1 saturated carbocycles. The number of halogens is 2. The highest BCUT2D eigenvalue weighted by molar-refractivity contribution is 5.73. The smallest absolute Gasteiger partial charge is 0.213 e. The van der Waals surface area contributed by atoms with Gasteiger partial charge in [0, 0.05) is 29.5 Å². The molecule has 2 atom stereocenters. The highest BCUT2D eigenvalue weighted by Crippen LogP contribution is 2.56. The summed E-state index contributed by atoms with van der Waals surface area (Å²) in [6.07, 6.45) is 4.23. The molecule has 3 aromatic rings. The lowest BCUT2D eigenvalue weighted by Crippen LogP contribution is -2.03. The van der Waals surface area contributed by atoms with Crippen molar-refractivity contribution in [2.24, 2.45) is 5.92 Å². The maximum atomic E-state index is 14.7. The van der Waals surface area contributed by atoms with Gasteiger partial charge in [-0.25, -0.2) is 13.8 Å². The third-order valence-corrected chi connectivity index (χ3v) is 6.33. The lowest BCUT2D eigenvalue weighted by Gasteiger charge is -2.15. The van der Waals surface area contributed by atoms with Crippen molar-refractivity contribution in [2.75, 3.05) is 7.11 Å². The summed E-state index contributed by atoms with van der Waals surface area (Å²) in [4.78, 5) is 4.39. The van der Waals surface area contributed by atoms with Gasteiger partial charge in [-0.3, -0.25) is 0 Å². The van der Waals surface area contributed by atoms with Crippen molar-refractivity contribution in [1.82, 2.24) is 4.98 Å². The maximum Gasteiger partial charge on any atom is 0.213 e. The Hall–Kier alpha value is -2.95. The molecule has 1 aromatic heterocycles. The van der Waals surface area contributed by atoms with Gasteiger partial charge < -0.3 is 9.47 Å². The molecule has 2 aromatic carbocycles. The largest absolute Gasteiger partial charge is 0.497 e. The molecule has 0 spiro atoms. The molecule has 3 nitrogen and oxygen atoms in total. The molecule has 5 rings (SSSR count). The number of aromatic nitrogens is 1. The van der Waals surface area contributed by atoms with Crippen molar-refractivity contribution in [2.45, 2.75) is 39.2 Å². The van der Waals surface area contributed by atoms with Gasteiger partial charge in [0.25, 0.3) is 0 Å². The van der Waals surface area contributed by atoms with E-state index in [0.717, 1.165) is 35.1 Å². The second-order valence-corrected chi connectivity index (χ2v) is 8.38. The number of benzene rings is 2. The second-order valence-electron chi connectivity index (χ2n) is 8.38. The minimum absolute atomic E-state index is 0.00793. The Balaban J connectivity index is 1.43. The zero-order valence-electron chi connectivity index (χ0n) is 17.3. The van der Waals surface area contributed by atoms with E-state index in [1.807, 2.05) is 38.2 Å². The first-order valence-corrected chi connectivity index (χ1v) is 10.2. The van der Waals surface area contributed by atoms with Crippen LogP contribution in [-0.4, -0.2) is 12.1 Å². The Morgan fingerprint density at radius 3 is 2.53 bits per heavy atom. The zero-order valence-corrected chi connectivity index (χ0v) is 17.3. The standard InChI is InChI=1S/C25H23F2NO2/c1-13-4-18(29-3)5-14(2)25(13)20-8-17(22(26)10-23(20)27)12-30-24-9-16-6-15-7-19(15)21(16)11-28-24/h4-5,8-11,15,19H,6-7,12H2,1-3H3. The molecule has 0 amide bonds. The maximum absolute atomic E-state index is 14.7. The van der Waals surface area contributed by atoms with Crippen molar-refractivity contribution >= 4 is 0 Å². The van der Waals surface area contributed by atoms with Crippen LogP contribution in [0.15, 0.2) is 36.5 Å². The summed E-state index contributed by atoms with van der Waals surface area (Å²) < 4.78 is 40.2. The fourth-order valence-corrected chi connectivity index (χ4v) is 4.73. The molecule has 0 aliphatic heterocycles. The van der Waals surface area contributed by atoms with Crippen LogP contribution >= 0.6 is 0 Å². The van der Waals surface area contributed by atoms with Crippen LogP contribution in [0.4, 0.5) is 8.78 Å². The Bertz CT molecular complexity index is 1140. The van der Waals surface area contributed by atoms with Gasteiger partial charge in [-0.1, -0.05) is 0 Å². The fraction of sp³-hybridized carbons (Fsp3) is 0.320. The molecule has 0 bridgehead atoms. The molecular weight excluding hydrogens is 384 g/mol. The summed E-state index contributed by atoms with van der Waals surface area (Å²) in [5.41, 5.74) is 5.73. The van der Waals surface area contributed by atoms with Crippen LogP contribution in [0.3, 0.4) is 0 Å². The van der Waals surface area contributed by atoms with Crippen LogP contribution in [-0.2, 0) is 13.0 Å². The van der Waals surface area contributed by atoms with Gasteiger partial charge >= 0.3 is 0 Å². The number of methoxy groups -OCH3 is 1. The van der Waals surface area contributed by atoms with Crippen molar-refractivity contribution in [3.05, 3.63) is 76.0 Å². The number of rotatable bonds is 5. The highest BCUT2D eigenvalue weighted by Gasteiger charge is 2.45.